The third-order valence-corrected chi connectivity index (χ3v) is 12.6. The van der Waals surface area contributed by atoms with Gasteiger partial charge in [0.15, 0.2) is 9.84 Å². The first-order valence-electron chi connectivity index (χ1n) is 15.5. The normalized spacial score (nSPS) is 24.9. The van der Waals surface area contributed by atoms with Crippen LogP contribution in [0.1, 0.15) is 83.3 Å². The van der Waals surface area contributed by atoms with Crippen molar-refractivity contribution in [2.45, 2.75) is 107 Å². The van der Waals surface area contributed by atoms with Crippen molar-refractivity contribution in [3.8, 4) is 0 Å². The highest BCUT2D eigenvalue weighted by Gasteiger charge is 2.52. The largest absolute Gasteiger partial charge is 0.383 e. The van der Waals surface area contributed by atoms with E-state index < -0.39 is 15.3 Å². The maximum atomic E-state index is 13.6. The van der Waals surface area contributed by atoms with Gasteiger partial charge in [-0.1, -0.05) is 12.8 Å². The smallest absolute Gasteiger partial charge is 0.241 e. The number of methoxy groups -OCH3 is 1. The minimum absolute atomic E-state index is 0.0201. The van der Waals surface area contributed by atoms with E-state index in [4.69, 9.17) is 9.72 Å². The summed E-state index contributed by atoms with van der Waals surface area (Å²) in [6.07, 6.45) is 9.60. The molecule has 1 aromatic heterocycles. The summed E-state index contributed by atoms with van der Waals surface area (Å²) in [6.45, 7) is 10.7. The number of carbonyl (C=O) groups is 1. The Labute approximate surface area is 250 Å². The lowest BCUT2D eigenvalue weighted by atomic mass is 9.63. The van der Waals surface area contributed by atoms with E-state index in [1.54, 1.807) is 25.4 Å². The fourth-order valence-corrected chi connectivity index (χ4v) is 9.86. The molecule has 2 saturated carbocycles. The van der Waals surface area contributed by atoms with Gasteiger partial charge < -0.3 is 15.0 Å². The standard InChI is InChI=1S/C32H45N5O4S/c1-21(2)36-14-12-32(13-15-36)17-25(18-32)42(39,40)24-10-11-27(22(3)16-24)34-30-33-19-26-28(35-30)37(23-8-6-7-9-23)29(38)31(26,4)20-41-5/h10-11,16,19,21,23,25H,6-9,12-15,17-18,20H2,1-5H3,(H,33,34,35). The Morgan fingerprint density at radius 2 is 1.83 bits per heavy atom. The van der Waals surface area contributed by atoms with Crippen LogP contribution in [0, 0.1) is 12.3 Å². The molecule has 9 nitrogen and oxygen atoms in total. The molecule has 1 spiro atoms. The van der Waals surface area contributed by atoms with Crippen molar-refractivity contribution in [3.05, 3.63) is 35.5 Å². The molecule has 4 aliphatic rings. The van der Waals surface area contributed by atoms with Crippen LogP contribution >= 0.6 is 0 Å². The van der Waals surface area contributed by atoms with Gasteiger partial charge >= 0.3 is 0 Å². The first kappa shape index (κ1) is 29.5. The van der Waals surface area contributed by atoms with Crippen LogP contribution in [0.15, 0.2) is 29.3 Å². The topological polar surface area (TPSA) is 105 Å². The Hall–Kier alpha value is -2.56. The zero-order chi connectivity index (χ0) is 29.9. The predicted molar refractivity (Wildman–Crippen MR) is 164 cm³/mol. The Morgan fingerprint density at radius 1 is 1.14 bits per heavy atom. The second-order valence-electron chi connectivity index (χ2n) is 13.6. The van der Waals surface area contributed by atoms with Gasteiger partial charge in [-0.05, 0) is 108 Å². The van der Waals surface area contributed by atoms with E-state index in [0.717, 1.165) is 81.3 Å². The highest BCUT2D eigenvalue weighted by Crippen LogP contribution is 2.53. The van der Waals surface area contributed by atoms with E-state index >= 15 is 0 Å². The van der Waals surface area contributed by atoms with Gasteiger partial charge in [-0.15, -0.1) is 0 Å². The number of hydrogen-bond donors (Lipinski definition) is 1. The maximum Gasteiger partial charge on any atom is 0.241 e. The van der Waals surface area contributed by atoms with Gasteiger partial charge in [0.1, 0.15) is 11.2 Å². The SMILES string of the molecule is COCC1(C)C(=O)N(C2CCCC2)c2nc(Nc3ccc(S(=O)(=O)C4CC5(CCN(C(C)C)CC5)C4)cc3C)ncc21. The second kappa shape index (κ2) is 10.9. The van der Waals surface area contributed by atoms with Gasteiger partial charge in [-0.3, -0.25) is 9.69 Å². The molecule has 42 heavy (non-hydrogen) atoms. The molecule has 0 bridgehead atoms. The average molecular weight is 596 g/mol. The molecule has 1 unspecified atom stereocenters. The van der Waals surface area contributed by atoms with Crippen LogP contribution in [0.25, 0.3) is 0 Å². The molecule has 1 amide bonds. The molecule has 6 rings (SSSR count). The number of sulfone groups is 1. The fraction of sp³-hybridized carbons (Fsp3) is 0.656. The van der Waals surface area contributed by atoms with Crippen molar-refractivity contribution in [3.63, 3.8) is 0 Å². The van der Waals surface area contributed by atoms with Crippen molar-refractivity contribution in [2.75, 3.05) is 37.0 Å². The van der Waals surface area contributed by atoms with Crippen molar-refractivity contribution in [1.29, 1.82) is 0 Å². The third kappa shape index (κ3) is 4.93. The van der Waals surface area contributed by atoms with Gasteiger partial charge in [0.2, 0.25) is 11.9 Å². The second-order valence-corrected chi connectivity index (χ2v) is 15.8. The Balaban J connectivity index is 1.18. The number of amides is 1. The fourth-order valence-electron chi connectivity index (χ4n) is 7.73. The first-order chi connectivity index (χ1) is 20.0. The summed E-state index contributed by atoms with van der Waals surface area (Å²) in [6, 6.07) is 5.96. The summed E-state index contributed by atoms with van der Waals surface area (Å²) in [7, 11) is -1.79. The summed E-state index contributed by atoms with van der Waals surface area (Å²) in [5.41, 5.74) is 1.72. The molecule has 2 aliphatic heterocycles. The maximum absolute atomic E-state index is 13.6. The minimum Gasteiger partial charge on any atom is -0.383 e. The van der Waals surface area contributed by atoms with Crippen LogP contribution in [0.4, 0.5) is 17.5 Å². The molecule has 3 fully saturated rings. The molecule has 1 atom stereocenters. The minimum atomic E-state index is -3.40. The number of fused-ring (bicyclic) bond motifs is 1. The molecule has 3 heterocycles. The van der Waals surface area contributed by atoms with Crippen LogP contribution in [0.2, 0.25) is 0 Å². The van der Waals surface area contributed by atoms with Crippen molar-refractivity contribution in [1.82, 2.24) is 14.9 Å². The van der Waals surface area contributed by atoms with Crippen molar-refractivity contribution < 1.29 is 17.9 Å². The molecular formula is C32H45N5O4S. The molecule has 10 heteroatoms. The van der Waals surface area contributed by atoms with Crippen LogP contribution in [-0.4, -0.2) is 73.3 Å². The van der Waals surface area contributed by atoms with Crippen molar-refractivity contribution >= 4 is 33.2 Å². The summed E-state index contributed by atoms with van der Waals surface area (Å²) in [4.78, 5) is 27.8. The average Bonchev–Trinajstić information content (AvgIpc) is 3.53. The van der Waals surface area contributed by atoms with Crippen molar-refractivity contribution in [2.24, 2.45) is 5.41 Å². The molecule has 228 valence electrons. The van der Waals surface area contributed by atoms with E-state index in [1.807, 2.05) is 24.8 Å². The van der Waals surface area contributed by atoms with Gasteiger partial charge in [-0.25, -0.2) is 13.4 Å². The van der Waals surface area contributed by atoms with E-state index in [1.165, 1.54) is 0 Å². The number of nitrogens with one attached hydrogen (secondary N) is 1. The molecule has 0 radical (unpaired) electrons. The number of aromatic nitrogens is 2. The molecular weight excluding hydrogens is 550 g/mol. The number of likely N-dealkylation sites (tertiary alicyclic amines) is 1. The molecule has 1 aromatic carbocycles. The van der Waals surface area contributed by atoms with E-state index in [-0.39, 0.29) is 29.2 Å². The highest BCUT2D eigenvalue weighted by atomic mass is 32.2. The van der Waals surface area contributed by atoms with Crippen LogP contribution < -0.4 is 10.2 Å². The van der Waals surface area contributed by atoms with Crippen LogP contribution in [-0.2, 0) is 24.8 Å². The van der Waals surface area contributed by atoms with E-state index in [0.29, 0.717) is 22.7 Å². The third-order valence-electron chi connectivity index (χ3n) is 10.5. The number of hydrogen-bond acceptors (Lipinski definition) is 8. The highest BCUT2D eigenvalue weighted by molar-refractivity contribution is 7.92. The van der Waals surface area contributed by atoms with E-state index in [9.17, 15) is 13.2 Å². The zero-order valence-electron chi connectivity index (χ0n) is 25.6. The van der Waals surface area contributed by atoms with Gasteiger partial charge in [0.25, 0.3) is 0 Å². The summed E-state index contributed by atoms with van der Waals surface area (Å²) < 4.78 is 32.6. The Morgan fingerprint density at radius 3 is 2.45 bits per heavy atom. The number of anilines is 3. The lowest BCUT2D eigenvalue weighted by Gasteiger charge is -2.52. The van der Waals surface area contributed by atoms with Crippen LogP contribution in [0.3, 0.4) is 0 Å². The molecule has 1 saturated heterocycles. The number of nitrogens with zero attached hydrogens (tertiary/aromatic N) is 4. The molecule has 1 N–H and O–H groups in total. The Bertz CT molecular complexity index is 1460. The monoisotopic (exact) mass is 595 g/mol. The van der Waals surface area contributed by atoms with Crippen LogP contribution in [0.5, 0.6) is 0 Å². The lowest BCUT2D eigenvalue weighted by Crippen LogP contribution is -2.52. The number of rotatable bonds is 8. The Kier molecular flexibility index (Phi) is 7.63. The molecule has 2 aliphatic carbocycles. The predicted octanol–water partition coefficient (Wildman–Crippen LogP) is 5.15. The van der Waals surface area contributed by atoms with E-state index in [2.05, 4.69) is 29.0 Å². The number of ether oxygens (including phenoxy) is 1. The summed E-state index contributed by atoms with van der Waals surface area (Å²) in [5.74, 6) is 1.06. The number of piperidine rings is 1. The van der Waals surface area contributed by atoms with Gasteiger partial charge in [0, 0.05) is 36.6 Å². The zero-order valence-corrected chi connectivity index (χ0v) is 26.5. The number of carbonyl (C=O) groups excluding carboxylic acids is 1. The van der Waals surface area contributed by atoms with Gasteiger partial charge in [0.05, 0.1) is 16.8 Å². The number of benzene rings is 1. The lowest BCUT2D eigenvalue weighted by molar-refractivity contribution is -0.124. The summed E-state index contributed by atoms with van der Waals surface area (Å²) in [5, 5.41) is 2.99. The molecule has 2 aromatic rings. The van der Waals surface area contributed by atoms with Gasteiger partial charge in [-0.2, -0.15) is 4.98 Å². The quantitative estimate of drug-likeness (QED) is 0.447. The first-order valence-corrected chi connectivity index (χ1v) is 17.1. The summed E-state index contributed by atoms with van der Waals surface area (Å²) >= 11 is 0. The number of aryl methyl sites for hydroxylation is 1.